The van der Waals surface area contributed by atoms with Gasteiger partial charge in [0.2, 0.25) is 0 Å². The van der Waals surface area contributed by atoms with Crippen LogP contribution < -0.4 is 11.2 Å². The SMILES string of the molecule is Cn1c2c(c(=O)n(-c3cc(C(=O)O)c(Cl)cc3F)c1=O)CSC2. The second kappa shape index (κ2) is 5.54. The van der Waals surface area contributed by atoms with E-state index in [2.05, 4.69) is 0 Å². The summed E-state index contributed by atoms with van der Waals surface area (Å²) >= 11 is 7.17. The molecular formula is C14H10ClFN2O4S. The van der Waals surface area contributed by atoms with Gasteiger partial charge in [0.1, 0.15) is 5.82 Å². The van der Waals surface area contributed by atoms with E-state index in [1.165, 1.54) is 23.4 Å². The number of carbonyl (C=O) groups is 1. The summed E-state index contributed by atoms with van der Waals surface area (Å²) < 4.78 is 16.2. The van der Waals surface area contributed by atoms with Crippen LogP contribution >= 0.6 is 23.4 Å². The average Bonchev–Trinajstić information content (AvgIpc) is 2.96. The molecule has 0 atom stereocenters. The number of rotatable bonds is 2. The van der Waals surface area contributed by atoms with E-state index in [1.807, 2.05) is 0 Å². The third-order valence-electron chi connectivity index (χ3n) is 3.69. The van der Waals surface area contributed by atoms with Crippen molar-refractivity contribution in [2.75, 3.05) is 0 Å². The van der Waals surface area contributed by atoms with E-state index in [-0.39, 0.29) is 10.6 Å². The van der Waals surface area contributed by atoms with Crippen LogP contribution in [-0.2, 0) is 18.6 Å². The van der Waals surface area contributed by atoms with Gasteiger partial charge in [-0.2, -0.15) is 11.8 Å². The maximum Gasteiger partial charge on any atom is 0.337 e. The molecular weight excluding hydrogens is 347 g/mol. The van der Waals surface area contributed by atoms with E-state index < -0.39 is 28.7 Å². The highest BCUT2D eigenvalue weighted by molar-refractivity contribution is 7.98. The van der Waals surface area contributed by atoms with Gasteiger partial charge in [-0.1, -0.05) is 11.6 Å². The summed E-state index contributed by atoms with van der Waals surface area (Å²) in [7, 11) is 1.49. The fraction of sp³-hybridized carbons (Fsp3) is 0.214. The molecule has 1 aliphatic heterocycles. The number of hydrogen-bond acceptors (Lipinski definition) is 4. The standard InChI is InChI=1S/C14H10ClFN2O4S/c1-17-11-5-23-4-7(11)12(19)18(14(17)22)10-2-6(13(20)21)8(15)3-9(10)16/h2-3H,4-5H2,1H3,(H,20,21). The lowest BCUT2D eigenvalue weighted by molar-refractivity contribution is 0.0697. The summed E-state index contributed by atoms with van der Waals surface area (Å²) in [6.07, 6.45) is 0. The van der Waals surface area contributed by atoms with Crippen molar-refractivity contribution in [3.05, 3.63) is 60.6 Å². The third kappa shape index (κ3) is 2.38. The van der Waals surface area contributed by atoms with Gasteiger partial charge in [0.05, 0.1) is 16.3 Å². The van der Waals surface area contributed by atoms with E-state index in [1.54, 1.807) is 0 Å². The molecule has 0 saturated carbocycles. The van der Waals surface area contributed by atoms with E-state index in [0.717, 1.165) is 12.1 Å². The fourth-order valence-electron chi connectivity index (χ4n) is 2.48. The van der Waals surface area contributed by atoms with Crippen molar-refractivity contribution in [1.82, 2.24) is 9.13 Å². The number of aromatic carboxylic acids is 1. The molecule has 0 amide bonds. The first kappa shape index (κ1) is 15.8. The number of halogens is 2. The molecule has 23 heavy (non-hydrogen) atoms. The number of hydrogen-bond donors (Lipinski definition) is 1. The molecule has 9 heteroatoms. The normalized spacial score (nSPS) is 13.2. The Morgan fingerprint density at radius 2 is 2.04 bits per heavy atom. The monoisotopic (exact) mass is 356 g/mol. The summed E-state index contributed by atoms with van der Waals surface area (Å²) in [6, 6.07) is 1.69. The minimum absolute atomic E-state index is 0.305. The number of carboxylic acid groups (broad SMARTS) is 1. The molecule has 1 aromatic heterocycles. The highest BCUT2D eigenvalue weighted by atomic mass is 35.5. The lowest BCUT2D eigenvalue weighted by Gasteiger charge is -2.13. The minimum atomic E-state index is -1.38. The predicted octanol–water partition coefficient (Wildman–Crippen LogP) is 1.77. The molecule has 0 bridgehead atoms. The van der Waals surface area contributed by atoms with E-state index in [0.29, 0.717) is 27.3 Å². The number of thioether (sulfide) groups is 1. The Balaban J connectivity index is 2.39. The molecule has 0 saturated heterocycles. The first-order valence-corrected chi connectivity index (χ1v) is 8.00. The summed E-state index contributed by atoms with van der Waals surface area (Å²) in [5, 5.41) is 8.79. The molecule has 2 aromatic rings. The third-order valence-corrected chi connectivity index (χ3v) is 4.97. The van der Waals surface area contributed by atoms with Gasteiger partial charge in [0.25, 0.3) is 5.56 Å². The highest BCUT2D eigenvalue weighted by Gasteiger charge is 2.25. The van der Waals surface area contributed by atoms with Crippen molar-refractivity contribution in [3.8, 4) is 5.69 Å². The van der Waals surface area contributed by atoms with Gasteiger partial charge in [0, 0.05) is 29.8 Å². The van der Waals surface area contributed by atoms with Gasteiger partial charge < -0.3 is 5.11 Å². The predicted molar refractivity (Wildman–Crippen MR) is 84.2 cm³/mol. The van der Waals surface area contributed by atoms with E-state index in [9.17, 15) is 18.8 Å². The Morgan fingerprint density at radius 3 is 2.70 bits per heavy atom. The molecule has 1 N–H and O–H groups in total. The Labute approximate surface area is 138 Å². The van der Waals surface area contributed by atoms with E-state index in [4.69, 9.17) is 16.7 Å². The molecule has 0 spiro atoms. The van der Waals surface area contributed by atoms with Gasteiger partial charge in [-0.15, -0.1) is 0 Å². The maximum absolute atomic E-state index is 14.2. The molecule has 1 aliphatic rings. The lowest BCUT2D eigenvalue weighted by atomic mass is 10.1. The van der Waals surface area contributed by atoms with Crippen LogP contribution in [0.15, 0.2) is 21.7 Å². The van der Waals surface area contributed by atoms with Crippen LogP contribution in [0, 0.1) is 5.82 Å². The fourth-order valence-corrected chi connectivity index (χ4v) is 3.87. The second-order valence-corrected chi connectivity index (χ2v) is 6.38. The first-order chi connectivity index (χ1) is 10.8. The summed E-state index contributed by atoms with van der Waals surface area (Å²) in [5.74, 6) is -1.37. The number of benzene rings is 1. The van der Waals surface area contributed by atoms with Crippen LogP contribution in [0.5, 0.6) is 0 Å². The Morgan fingerprint density at radius 1 is 1.35 bits per heavy atom. The van der Waals surface area contributed by atoms with Crippen molar-refractivity contribution >= 4 is 29.3 Å². The molecule has 0 fully saturated rings. The first-order valence-electron chi connectivity index (χ1n) is 6.47. The Hall–Kier alpha value is -2.06. The molecule has 3 rings (SSSR count). The van der Waals surface area contributed by atoms with Crippen LogP contribution in [0.3, 0.4) is 0 Å². The molecule has 6 nitrogen and oxygen atoms in total. The van der Waals surface area contributed by atoms with Crippen LogP contribution in [0.1, 0.15) is 21.6 Å². The van der Waals surface area contributed by atoms with Gasteiger partial charge in [-0.05, 0) is 12.1 Å². The van der Waals surface area contributed by atoms with Gasteiger partial charge in [-0.25, -0.2) is 18.5 Å². The molecule has 120 valence electrons. The van der Waals surface area contributed by atoms with Crippen LogP contribution in [0.4, 0.5) is 4.39 Å². The van der Waals surface area contributed by atoms with Crippen molar-refractivity contribution in [3.63, 3.8) is 0 Å². The van der Waals surface area contributed by atoms with Crippen molar-refractivity contribution in [2.24, 2.45) is 7.05 Å². The van der Waals surface area contributed by atoms with Gasteiger partial charge in [0.15, 0.2) is 0 Å². The topological polar surface area (TPSA) is 81.3 Å². The lowest BCUT2D eigenvalue weighted by Crippen LogP contribution is -2.41. The van der Waals surface area contributed by atoms with Crippen LogP contribution in [0.2, 0.25) is 5.02 Å². The van der Waals surface area contributed by atoms with Crippen molar-refractivity contribution < 1.29 is 14.3 Å². The molecule has 0 radical (unpaired) electrons. The van der Waals surface area contributed by atoms with Crippen LogP contribution in [0.25, 0.3) is 5.69 Å². The number of nitrogens with zero attached hydrogens (tertiary/aromatic N) is 2. The molecule has 0 aliphatic carbocycles. The largest absolute Gasteiger partial charge is 0.478 e. The van der Waals surface area contributed by atoms with Gasteiger partial charge in [-0.3, -0.25) is 9.36 Å². The zero-order chi connectivity index (χ0) is 16.9. The zero-order valence-corrected chi connectivity index (χ0v) is 13.4. The summed E-state index contributed by atoms with van der Waals surface area (Å²) in [4.78, 5) is 36.1. The number of carboxylic acids is 1. The number of aromatic nitrogens is 2. The van der Waals surface area contributed by atoms with Crippen molar-refractivity contribution in [2.45, 2.75) is 11.5 Å². The molecule has 2 heterocycles. The van der Waals surface area contributed by atoms with Crippen LogP contribution in [-0.4, -0.2) is 20.2 Å². The smallest absolute Gasteiger partial charge is 0.337 e. The van der Waals surface area contributed by atoms with Crippen molar-refractivity contribution in [1.29, 1.82) is 0 Å². The highest BCUT2D eigenvalue weighted by Crippen LogP contribution is 2.27. The summed E-state index contributed by atoms with van der Waals surface area (Å²) in [6.45, 7) is 0. The second-order valence-electron chi connectivity index (χ2n) is 4.99. The minimum Gasteiger partial charge on any atom is -0.478 e. The average molecular weight is 357 g/mol. The molecule has 1 aromatic carbocycles. The quantitative estimate of drug-likeness (QED) is 0.887. The maximum atomic E-state index is 14.2. The Kier molecular flexibility index (Phi) is 3.81. The van der Waals surface area contributed by atoms with E-state index >= 15 is 0 Å². The molecule has 0 unspecified atom stereocenters. The van der Waals surface area contributed by atoms with Gasteiger partial charge >= 0.3 is 11.7 Å². The summed E-state index contributed by atoms with van der Waals surface area (Å²) in [5.41, 5.74) is -1.14. The number of fused-ring (bicyclic) bond motifs is 1. The zero-order valence-electron chi connectivity index (χ0n) is 11.8. The Bertz CT molecular complexity index is 967.